The molecule has 2 atom stereocenters. The Labute approximate surface area is 348 Å². The molecule has 9 nitrogen and oxygen atoms in total. The molecule has 302 valence electrons. The zero-order chi connectivity index (χ0) is 40.4. The lowest BCUT2D eigenvalue weighted by atomic mass is 9.62. The molecule has 4 aromatic carbocycles. The summed E-state index contributed by atoms with van der Waals surface area (Å²) in [6.07, 6.45) is 4.34. The number of urea groups is 1. The summed E-state index contributed by atoms with van der Waals surface area (Å²) < 4.78 is 27.6. The topological polar surface area (TPSA) is 97.9 Å². The summed E-state index contributed by atoms with van der Waals surface area (Å²) in [6.45, 7) is 2.92. The summed E-state index contributed by atoms with van der Waals surface area (Å²) in [5.41, 5.74) is 2.89. The molecule has 1 aromatic heterocycles. The number of amides is 4. The second-order valence-corrected chi connectivity index (χ2v) is 16.1. The van der Waals surface area contributed by atoms with Crippen molar-refractivity contribution in [2.75, 3.05) is 36.0 Å². The minimum Gasteiger partial charge on any atom is -1.00 e. The van der Waals surface area contributed by atoms with Gasteiger partial charge in [-0.2, -0.15) is 0 Å². The number of hydrogen-bond acceptors (Lipinski definition) is 5. The Hall–Kier alpha value is -5.36. The maximum atomic E-state index is 14.0. The van der Waals surface area contributed by atoms with E-state index in [1.807, 2.05) is 54.6 Å². The molecule has 0 radical (unpaired) electrons. The van der Waals surface area contributed by atoms with Crippen LogP contribution in [-0.2, 0) is 16.1 Å². The van der Waals surface area contributed by atoms with Crippen molar-refractivity contribution in [1.29, 1.82) is 0 Å². The van der Waals surface area contributed by atoms with Crippen molar-refractivity contribution in [3.63, 3.8) is 0 Å². The van der Waals surface area contributed by atoms with Gasteiger partial charge in [0.15, 0.2) is 0 Å². The number of anilines is 2. The number of aromatic nitrogens is 1. The molecular weight excluding hydrogens is 781 g/mol. The van der Waals surface area contributed by atoms with Crippen LogP contribution in [0, 0.1) is 22.5 Å². The van der Waals surface area contributed by atoms with Crippen LogP contribution >= 0.6 is 23.2 Å². The lowest BCUT2D eigenvalue weighted by Crippen LogP contribution is -2.67. The lowest BCUT2D eigenvalue weighted by molar-refractivity contribution is -0.144. The normalized spacial score (nSPS) is 20.5. The number of β-lactam (4-membered cyclic amide) rings is 2. The third kappa shape index (κ3) is 7.42. The number of benzene rings is 4. The number of halogens is 4. The fourth-order valence-electron chi connectivity index (χ4n) is 9.06. The van der Waals surface area contributed by atoms with Crippen LogP contribution in [0.1, 0.15) is 57.4 Å². The summed E-state index contributed by atoms with van der Waals surface area (Å²) in [7, 11) is 0. The Balaban J connectivity index is 0.000000205. The van der Waals surface area contributed by atoms with Crippen molar-refractivity contribution < 1.29 is 26.0 Å². The average molecular weight is 831 g/mol. The van der Waals surface area contributed by atoms with Crippen LogP contribution in [0.15, 0.2) is 121 Å². The molecule has 4 aliphatic heterocycles. The number of rotatable bonds is 6. The van der Waals surface area contributed by atoms with Gasteiger partial charge in [-0.05, 0) is 123 Å². The highest BCUT2D eigenvalue weighted by Crippen LogP contribution is 2.58. The van der Waals surface area contributed by atoms with Crippen LogP contribution in [-0.4, -0.2) is 53.9 Å². The number of likely N-dealkylation sites (tertiary alicyclic amines) is 1. The molecular formula is C45H45Cl2F2N6O3-. The second-order valence-electron chi connectivity index (χ2n) is 15.2. The summed E-state index contributed by atoms with van der Waals surface area (Å²) in [6, 6.07) is 32.5. The predicted molar refractivity (Wildman–Crippen MR) is 224 cm³/mol. The number of carbonyl (C=O) groups excluding carboxylic acids is 3. The van der Waals surface area contributed by atoms with E-state index in [4.69, 9.17) is 23.2 Å². The van der Waals surface area contributed by atoms with Gasteiger partial charge in [0, 0.05) is 42.1 Å². The molecule has 9 rings (SSSR count). The van der Waals surface area contributed by atoms with E-state index in [-0.39, 0.29) is 44.4 Å². The molecule has 2 spiro atoms. The molecule has 5 heterocycles. The number of nitrogens with zero attached hydrogens (tertiary/aromatic N) is 4. The van der Waals surface area contributed by atoms with Gasteiger partial charge in [-0.1, -0.05) is 65.7 Å². The summed E-state index contributed by atoms with van der Waals surface area (Å²) in [5, 5.41) is 7.51. The van der Waals surface area contributed by atoms with Gasteiger partial charge in [-0.25, -0.2) is 13.6 Å². The fraction of sp³-hybridized carbons (Fsp3) is 0.289. The molecule has 0 aliphatic carbocycles. The molecule has 4 fully saturated rings. The molecule has 4 amide bonds. The third-order valence-electron chi connectivity index (χ3n) is 12.0. The van der Waals surface area contributed by atoms with E-state index in [0.29, 0.717) is 53.9 Å². The Morgan fingerprint density at radius 1 is 0.724 bits per heavy atom. The van der Waals surface area contributed by atoms with Crippen molar-refractivity contribution >= 4 is 52.4 Å². The van der Waals surface area contributed by atoms with Crippen LogP contribution in [0.2, 0.25) is 10.0 Å². The van der Waals surface area contributed by atoms with E-state index < -0.39 is 10.8 Å². The standard InChI is InChI=1S/C26H24ClFN4O2.C19H18ClFN2O.H2.H/c27-19-9-7-18(8-10-19)23-26(24(33)32(23)22-6-3-4-20(28)16-22)11-14-31(15-12-26)25(34)30-17-21-5-1-2-13-29-21;20-14-6-4-13(5-7-14)17-19(8-10-22-11-9-19)18(24)23(17)16-3-1-2-15(21)12-16;;/h1-10,13,16,23H,11-12,14-15,17H2,(H,30,34);1-7,12,17,22H,8-11H2;1H;/q;;;-1/i;;2*1+2. The lowest BCUT2D eigenvalue weighted by Gasteiger charge is -2.59. The summed E-state index contributed by atoms with van der Waals surface area (Å²) in [5.74, 6) is -0.664. The van der Waals surface area contributed by atoms with Crippen molar-refractivity contribution in [3.05, 3.63) is 160 Å². The molecule has 2 N–H and O–H groups in total. The highest BCUT2D eigenvalue weighted by atomic mass is 35.5. The largest absolute Gasteiger partial charge is 1.00 e. The van der Waals surface area contributed by atoms with Crippen molar-refractivity contribution in [1.82, 2.24) is 20.5 Å². The van der Waals surface area contributed by atoms with E-state index in [1.165, 1.54) is 24.3 Å². The number of pyridine rings is 1. The maximum Gasteiger partial charge on any atom is 0.317 e. The van der Waals surface area contributed by atoms with Gasteiger partial charge in [-0.15, -0.1) is 0 Å². The second kappa shape index (κ2) is 16.5. The van der Waals surface area contributed by atoms with Crippen molar-refractivity contribution in [2.45, 2.75) is 44.3 Å². The summed E-state index contributed by atoms with van der Waals surface area (Å²) >= 11 is 12.1. The smallest absolute Gasteiger partial charge is 0.317 e. The highest BCUT2D eigenvalue weighted by molar-refractivity contribution is 6.30. The third-order valence-corrected chi connectivity index (χ3v) is 12.5. The molecule has 58 heavy (non-hydrogen) atoms. The van der Waals surface area contributed by atoms with Gasteiger partial charge in [0.1, 0.15) is 11.6 Å². The van der Waals surface area contributed by atoms with Crippen LogP contribution in [0.25, 0.3) is 0 Å². The first-order valence-corrected chi connectivity index (χ1v) is 20.2. The average Bonchev–Trinajstić information content (AvgIpc) is 3.25. The minimum absolute atomic E-state index is 0. The monoisotopic (exact) mass is 829 g/mol. The van der Waals surface area contributed by atoms with Crippen LogP contribution in [0.4, 0.5) is 25.0 Å². The Bertz CT molecular complexity index is 2300. The number of piperidine rings is 2. The zero-order valence-corrected chi connectivity index (χ0v) is 33.1. The first-order chi connectivity index (χ1) is 28.1. The molecule has 0 bridgehead atoms. The van der Waals surface area contributed by atoms with Gasteiger partial charge in [0.2, 0.25) is 11.8 Å². The van der Waals surface area contributed by atoms with Crippen LogP contribution < -0.4 is 20.4 Å². The molecule has 5 aromatic rings. The van der Waals surface area contributed by atoms with Gasteiger partial charge in [-0.3, -0.25) is 14.6 Å². The first-order valence-electron chi connectivity index (χ1n) is 19.4. The fourth-order valence-corrected chi connectivity index (χ4v) is 9.31. The zero-order valence-electron chi connectivity index (χ0n) is 32.6. The van der Waals surface area contributed by atoms with Gasteiger partial charge >= 0.3 is 6.03 Å². The van der Waals surface area contributed by atoms with Crippen molar-refractivity contribution in [2.24, 2.45) is 10.8 Å². The number of carbonyl (C=O) groups is 3. The van der Waals surface area contributed by atoms with Crippen LogP contribution in [0.5, 0.6) is 0 Å². The minimum atomic E-state index is -0.641. The van der Waals surface area contributed by atoms with E-state index >= 15 is 0 Å². The quantitative estimate of drug-likeness (QED) is 0.167. The SMILES string of the molecule is O=C(NCc1ccccn1)N1CCC2(CC1)C(=O)N(c1cccc(F)c1)C2c1ccc(Cl)cc1.O=C1N(c2cccc(F)c2)C(c2ccc(Cl)cc2)C12CCNCC2.[3H-].[3HH]. The number of hydrogen-bond donors (Lipinski definition) is 2. The molecule has 2 unspecified atom stereocenters. The van der Waals surface area contributed by atoms with Crippen LogP contribution in [0.3, 0.4) is 0 Å². The maximum absolute atomic E-state index is 14.0. The molecule has 0 saturated carbocycles. The molecule has 13 heteroatoms. The van der Waals surface area contributed by atoms with E-state index in [9.17, 15) is 23.2 Å². The molecule has 4 saturated heterocycles. The first kappa shape index (κ1) is 39.5. The van der Waals surface area contributed by atoms with E-state index in [0.717, 1.165) is 42.8 Å². The Kier molecular flexibility index (Phi) is 11.2. The van der Waals surface area contributed by atoms with Gasteiger partial charge in [0.25, 0.3) is 0 Å². The van der Waals surface area contributed by atoms with Gasteiger partial charge in [0.05, 0.1) is 35.2 Å². The van der Waals surface area contributed by atoms with E-state index in [2.05, 4.69) is 15.6 Å². The summed E-state index contributed by atoms with van der Waals surface area (Å²) in [4.78, 5) is 48.7. The van der Waals surface area contributed by atoms with Crippen molar-refractivity contribution in [3.8, 4) is 0 Å². The Morgan fingerprint density at radius 3 is 1.69 bits per heavy atom. The molecule has 4 aliphatic rings. The predicted octanol–water partition coefficient (Wildman–Crippen LogP) is 9.25. The number of nitrogens with one attached hydrogen (secondary N) is 2. The Morgan fingerprint density at radius 2 is 1.22 bits per heavy atom. The highest BCUT2D eigenvalue weighted by Gasteiger charge is 2.63. The van der Waals surface area contributed by atoms with E-state index in [1.54, 1.807) is 57.3 Å². The van der Waals surface area contributed by atoms with Gasteiger partial charge < -0.3 is 26.8 Å².